The molecule has 0 bridgehead atoms. The van der Waals surface area contributed by atoms with Gasteiger partial charge in [0.15, 0.2) is 8.32 Å². The molecule has 2 aromatic rings. The molecule has 1 heterocycles. The molecular weight excluding hydrogens is 374 g/mol. The van der Waals surface area contributed by atoms with Crippen molar-refractivity contribution < 1.29 is 9.22 Å². The summed E-state index contributed by atoms with van der Waals surface area (Å²) in [6.07, 6.45) is 4.52. The maximum Gasteiger partial charge on any atom is 0.247 e. The molecule has 0 saturated carbocycles. The van der Waals surface area contributed by atoms with Gasteiger partial charge in [0, 0.05) is 0 Å². The highest BCUT2D eigenvalue weighted by molar-refractivity contribution is 6.74. The lowest BCUT2D eigenvalue weighted by atomic mass is 9.94. The van der Waals surface area contributed by atoms with Gasteiger partial charge in [-0.2, -0.15) is 0 Å². The maximum absolute atomic E-state index is 13.1. The Morgan fingerprint density at radius 1 is 1.03 bits per heavy atom. The maximum atomic E-state index is 13.1. The molecule has 0 N–H and O–H groups in total. The SMILES string of the molecule is CC(C)(C)[Si](C)(C)OC[C@@H](c1ccccc1)N1C(=O)C=CC[C@@H]1c1ccccc1. The molecule has 3 rings (SSSR count). The molecule has 3 nitrogen and oxygen atoms in total. The first-order chi connectivity index (χ1) is 13.7. The van der Waals surface area contributed by atoms with Crippen molar-refractivity contribution in [1.82, 2.24) is 4.90 Å². The Labute approximate surface area is 176 Å². The van der Waals surface area contributed by atoms with E-state index in [4.69, 9.17) is 4.43 Å². The van der Waals surface area contributed by atoms with Crippen LogP contribution < -0.4 is 0 Å². The summed E-state index contributed by atoms with van der Waals surface area (Å²) >= 11 is 0. The summed E-state index contributed by atoms with van der Waals surface area (Å²) < 4.78 is 6.62. The Balaban J connectivity index is 1.98. The molecule has 0 unspecified atom stereocenters. The lowest BCUT2D eigenvalue weighted by Gasteiger charge is -2.42. The molecular formula is C25H33NO2Si. The summed E-state index contributed by atoms with van der Waals surface area (Å²) in [5.41, 5.74) is 2.29. The zero-order chi connectivity index (χ0) is 21.1. The predicted octanol–water partition coefficient (Wildman–Crippen LogP) is 6.28. The summed E-state index contributed by atoms with van der Waals surface area (Å²) in [5, 5.41) is 0.124. The Hall–Kier alpha value is -2.17. The number of carbonyl (C=O) groups excluding carboxylic acids is 1. The van der Waals surface area contributed by atoms with Gasteiger partial charge in [-0.05, 0) is 41.8 Å². The van der Waals surface area contributed by atoms with E-state index in [1.165, 1.54) is 5.56 Å². The highest BCUT2D eigenvalue weighted by Crippen LogP contribution is 2.40. The van der Waals surface area contributed by atoms with E-state index >= 15 is 0 Å². The second kappa shape index (κ2) is 8.68. The molecule has 0 radical (unpaired) electrons. The highest BCUT2D eigenvalue weighted by atomic mass is 28.4. The van der Waals surface area contributed by atoms with E-state index < -0.39 is 8.32 Å². The third-order valence-corrected chi connectivity index (χ3v) is 10.8. The van der Waals surface area contributed by atoms with Gasteiger partial charge in [0.2, 0.25) is 5.91 Å². The Morgan fingerprint density at radius 2 is 1.62 bits per heavy atom. The number of carbonyl (C=O) groups is 1. The summed E-state index contributed by atoms with van der Waals surface area (Å²) in [6.45, 7) is 11.8. The van der Waals surface area contributed by atoms with Crippen LogP contribution in [-0.2, 0) is 9.22 Å². The quantitative estimate of drug-likeness (QED) is 0.527. The van der Waals surface area contributed by atoms with Crippen LogP contribution in [0, 0.1) is 0 Å². The third kappa shape index (κ3) is 4.88. The first-order valence-corrected chi connectivity index (χ1v) is 13.3. The molecule has 1 amide bonds. The van der Waals surface area contributed by atoms with Gasteiger partial charge in [-0.15, -0.1) is 0 Å². The van der Waals surface area contributed by atoms with Crippen LogP contribution in [-0.4, -0.2) is 25.7 Å². The zero-order valence-corrected chi connectivity index (χ0v) is 19.3. The molecule has 1 aliphatic rings. The van der Waals surface area contributed by atoms with Crippen molar-refractivity contribution in [3.05, 3.63) is 83.9 Å². The van der Waals surface area contributed by atoms with Crippen LogP contribution in [0.2, 0.25) is 18.1 Å². The van der Waals surface area contributed by atoms with Crippen molar-refractivity contribution in [2.24, 2.45) is 0 Å². The number of amides is 1. The molecule has 0 saturated heterocycles. The lowest BCUT2D eigenvalue weighted by molar-refractivity contribution is -0.133. The number of hydrogen-bond donors (Lipinski definition) is 0. The van der Waals surface area contributed by atoms with E-state index in [2.05, 4.69) is 58.1 Å². The zero-order valence-electron chi connectivity index (χ0n) is 18.3. The minimum atomic E-state index is -1.94. The van der Waals surface area contributed by atoms with Crippen LogP contribution in [0.1, 0.15) is 50.4 Å². The fraction of sp³-hybridized carbons (Fsp3) is 0.400. The van der Waals surface area contributed by atoms with Gasteiger partial charge in [-0.1, -0.05) is 87.5 Å². The van der Waals surface area contributed by atoms with Gasteiger partial charge < -0.3 is 9.33 Å². The topological polar surface area (TPSA) is 29.5 Å². The van der Waals surface area contributed by atoms with Crippen molar-refractivity contribution in [2.45, 2.75) is 57.4 Å². The minimum Gasteiger partial charge on any atom is -0.414 e. The predicted molar refractivity (Wildman–Crippen MR) is 122 cm³/mol. The molecule has 0 aliphatic carbocycles. The summed E-state index contributed by atoms with van der Waals surface area (Å²) in [5.74, 6) is 0.0535. The molecule has 0 aromatic heterocycles. The van der Waals surface area contributed by atoms with Gasteiger partial charge in [0.25, 0.3) is 0 Å². The average Bonchev–Trinajstić information content (AvgIpc) is 2.69. The van der Waals surface area contributed by atoms with E-state index in [0.29, 0.717) is 6.61 Å². The highest BCUT2D eigenvalue weighted by Gasteiger charge is 2.40. The van der Waals surface area contributed by atoms with Gasteiger partial charge >= 0.3 is 0 Å². The molecule has 154 valence electrons. The number of rotatable bonds is 6. The van der Waals surface area contributed by atoms with Crippen molar-refractivity contribution in [3.63, 3.8) is 0 Å². The molecule has 1 aliphatic heterocycles. The van der Waals surface area contributed by atoms with E-state index in [9.17, 15) is 4.79 Å². The summed E-state index contributed by atoms with van der Waals surface area (Å²) in [6, 6.07) is 20.5. The Bertz CT molecular complexity index is 840. The fourth-order valence-corrected chi connectivity index (χ4v) is 4.52. The molecule has 0 spiro atoms. The average molecular weight is 408 g/mol. The van der Waals surface area contributed by atoms with E-state index in [1.54, 1.807) is 6.08 Å². The Morgan fingerprint density at radius 3 is 2.21 bits per heavy atom. The lowest BCUT2D eigenvalue weighted by Crippen LogP contribution is -2.46. The number of nitrogens with zero attached hydrogens (tertiary/aromatic N) is 1. The third-order valence-electron chi connectivity index (χ3n) is 6.32. The molecule has 29 heavy (non-hydrogen) atoms. The summed E-state index contributed by atoms with van der Waals surface area (Å²) in [4.78, 5) is 15.1. The van der Waals surface area contributed by atoms with Gasteiger partial charge in [-0.3, -0.25) is 4.79 Å². The van der Waals surface area contributed by atoms with Crippen LogP contribution in [0.15, 0.2) is 72.8 Å². The Kier molecular flexibility index (Phi) is 6.44. The molecule has 4 heteroatoms. The fourth-order valence-electron chi connectivity index (χ4n) is 3.51. The van der Waals surface area contributed by atoms with E-state index in [1.807, 2.05) is 47.4 Å². The monoisotopic (exact) mass is 407 g/mol. The molecule has 0 fully saturated rings. The van der Waals surface area contributed by atoms with Gasteiger partial charge in [-0.25, -0.2) is 0 Å². The van der Waals surface area contributed by atoms with E-state index in [0.717, 1.165) is 12.0 Å². The number of benzene rings is 2. The standard InChI is InChI=1S/C25H33NO2Si/c1-25(2,3)29(4,5)28-19-23(21-15-10-7-11-16-21)26-22(17-12-18-24(26)27)20-13-8-6-9-14-20/h6-16,18,22-23H,17,19H2,1-5H3/t22-,23+/m1/s1. The van der Waals surface area contributed by atoms with Crippen molar-refractivity contribution >= 4 is 14.2 Å². The smallest absolute Gasteiger partial charge is 0.247 e. The molecule has 2 aromatic carbocycles. The van der Waals surface area contributed by atoms with Crippen LogP contribution in [0.4, 0.5) is 0 Å². The van der Waals surface area contributed by atoms with Crippen LogP contribution in [0.25, 0.3) is 0 Å². The largest absolute Gasteiger partial charge is 0.414 e. The summed E-state index contributed by atoms with van der Waals surface area (Å²) in [7, 11) is -1.94. The minimum absolute atomic E-state index is 0.0157. The van der Waals surface area contributed by atoms with Crippen molar-refractivity contribution in [1.29, 1.82) is 0 Å². The van der Waals surface area contributed by atoms with E-state index in [-0.39, 0.29) is 23.0 Å². The van der Waals surface area contributed by atoms with Crippen molar-refractivity contribution in [3.8, 4) is 0 Å². The van der Waals surface area contributed by atoms with Crippen LogP contribution in [0.3, 0.4) is 0 Å². The molecule has 2 atom stereocenters. The first kappa shape index (κ1) is 21.5. The van der Waals surface area contributed by atoms with Crippen LogP contribution in [0.5, 0.6) is 0 Å². The second-order valence-corrected chi connectivity index (χ2v) is 14.1. The normalized spacial score (nSPS) is 18.7. The van der Waals surface area contributed by atoms with Gasteiger partial charge in [0.05, 0.1) is 18.7 Å². The second-order valence-electron chi connectivity index (χ2n) is 9.31. The van der Waals surface area contributed by atoms with Gasteiger partial charge in [0.1, 0.15) is 0 Å². The van der Waals surface area contributed by atoms with Crippen LogP contribution >= 0.6 is 0 Å². The number of hydrogen-bond acceptors (Lipinski definition) is 2. The first-order valence-electron chi connectivity index (χ1n) is 10.4. The van der Waals surface area contributed by atoms with Crippen molar-refractivity contribution in [2.75, 3.05) is 6.61 Å².